The largest absolute Gasteiger partial charge is 0.467 e. The van der Waals surface area contributed by atoms with E-state index in [9.17, 15) is 18.0 Å². The fourth-order valence-electron chi connectivity index (χ4n) is 3.20. The van der Waals surface area contributed by atoms with Gasteiger partial charge in [0.2, 0.25) is 0 Å². The van der Waals surface area contributed by atoms with Crippen molar-refractivity contribution in [1.29, 1.82) is 0 Å². The van der Waals surface area contributed by atoms with Crippen LogP contribution in [0.25, 0.3) is 0 Å². The number of esters is 1. The Hall–Kier alpha value is -2.55. The van der Waals surface area contributed by atoms with Gasteiger partial charge in [-0.2, -0.15) is 0 Å². The van der Waals surface area contributed by atoms with Gasteiger partial charge in [-0.3, -0.25) is 4.79 Å². The van der Waals surface area contributed by atoms with E-state index >= 15 is 0 Å². The molecule has 2 aromatic rings. The summed E-state index contributed by atoms with van der Waals surface area (Å²) < 4.78 is 35.2. The van der Waals surface area contributed by atoms with Gasteiger partial charge in [-0.05, 0) is 38.5 Å². The first kappa shape index (κ1) is 19.2. The molecular weight excluding hydrogens is 372 g/mol. The SMILES string of the molecule is Cc1cc(C(=O)OCC(=O)N[C@@H]2CCS(=O)(=O)C2)c(C)n1Cc1ccco1. The van der Waals surface area contributed by atoms with E-state index in [0.717, 1.165) is 17.1 Å². The molecule has 0 unspecified atom stereocenters. The van der Waals surface area contributed by atoms with Gasteiger partial charge >= 0.3 is 5.97 Å². The Kier molecular flexibility index (Phi) is 5.41. The molecule has 27 heavy (non-hydrogen) atoms. The van der Waals surface area contributed by atoms with Crippen molar-refractivity contribution in [2.75, 3.05) is 18.1 Å². The van der Waals surface area contributed by atoms with Gasteiger partial charge < -0.3 is 19.0 Å². The lowest BCUT2D eigenvalue weighted by molar-refractivity contribution is -0.124. The molecule has 0 saturated carbocycles. The number of nitrogens with zero attached hydrogens (tertiary/aromatic N) is 1. The molecule has 1 amide bonds. The monoisotopic (exact) mass is 394 g/mol. The fourth-order valence-corrected chi connectivity index (χ4v) is 4.87. The van der Waals surface area contributed by atoms with Crippen molar-refractivity contribution >= 4 is 21.7 Å². The number of rotatable bonds is 6. The van der Waals surface area contributed by atoms with Crippen molar-refractivity contribution in [3.63, 3.8) is 0 Å². The van der Waals surface area contributed by atoms with Crippen molar-refractivity contribution in [2.24, 2.45) is 0 Å². The highest BCUT2D eigenvalue weighted by atomic mass is 32.2. The maximum absolute atomic E-state index is 12.3. The van der Waals surface area contributed by atoms with Gasteiger partial charge in [0.05, 0.1) is 29.9 Å². The van der Waals surface area contributed by atoms with E-state index in [0.29, 0.717) is 18.5 Å². The molecular formula is C18H22N2O6S. The predicted octanol–water partition coefficient (Wildman–Crippen LogP) is 1.21. The minimum atomic E-state index is -3.08. The molecule has 1 atom stereocenters. The van der Waals surface area contributed by atoms with Gasteiger partial charge in [0.1, 0.15) is 5.76 Å². The van der Waals surface area contributed by atoms with Crippen LogP contribution in [0.3, 0.4) is 0 Å². The number of amides is 1. The highest BCUT2D eigenvalue weighted by molar-refractivity contribution is 7.91. The zero-order valence-corrected chi connectivity index (χ0v) is 16.0. The Morgan fingerprint density at radius 2 is 2.15 bits per heavy atom. The smallest absolute Gasteiger partial charge is 0.340 e. The second-order valence-corrected chi connectivity index (χ2v) is 8.92. The summed E-state index contributed by atoms with van der Waals surface area (Å²) in [7, 11) is -3.08. The average Bonchev–Trinajstić information content (AvgIpc) is 3.29. The van der Waals surface area contributed by atoms with E-state index in [1.165, 1.54) is 0 Å². The molecule has 146 valence electrons. The van der Waals surface area contributed by atoms with Crippen LogP contribution in [0, 0.1) is 13.8 Å². The Morgan fingerprint density at radius 1 is 1.37 bits per heavy atom. The van der Waals surface area contributed by atoms with Crippen molar-refractivity contribution < 1.29 is 27.2 Å². The van der Waals surface area contributed by atoms with Gasteiger partial charge in [0, 0.05) is 17.4 Å². The molecule has 8 nitrogen and oxygen atoms in total. The molecule has 3 heterocycles. The highest BCUT2D eigenvalue weighted by Crippen LogP contribution is 2.18. The predicted molar refractivity (Wildman–Crippen MR) is 97.2 cm³/mol. The van der Waals surface area contributed by atoms with Gasteiger partial charge in [-0.1, -0.05) is 0 Å². The molecule has 1 aliphatic rings. The van der Waals surface area contributed by atoms with Crippen molar-refractivity contribution in [3.8, 4) is 0 Å². The minimum Gasteiger partial charge on any atom is -0.467 e. The van der Waals surface area contributed by atoms with Gasteiger partial charge in [-0.25, -0.2) is 13.2 Å². The summed E-state index contributed by atoms with van der Waals surface area (Å²) in [6.07, 6.45) is 1.98. The summed E-state index contributed by atoms with van der Waals surface area (Å²) in [4.78, 5) is 24.3. The summed E-state index contributed by atoms with van der Waals surface area (Å²) >= 11 is 0. The third kappa shape index (κ3) is 4.60. The Balaban J connectivity index is 1.57. The number of carbonyl (C=O) groups excluding carboxylic acids is 2. The second-order valence-electron chi connectivity index (χ2n) is 6.69. The number of furan rings is 1. The number of sulfone groups is 1. The van der Waals surface area contributed by atoms with Crippen LogP contribution in [0.2, 0.25) is 0 Å². The van der Waals surface area contributed by atoms with Crippen LogP contribution in [0.4, 0.5) is 0 Å². The third-order valence-corrected chi connectivity index (χ3v) is 6.39. The molecule has 0 radical (unpaired) electrons. The third-order valence-electron chi connectivity index (χ3n) is 4.62. The number of ether oxygens (including phenoxy) is 1. The molecule has 1 saturated heterocycles. The summed E-state index contributed by atoms with van der Waals surface area (Å²) in [5.74, 6) is -0.333. The standard InChI is InChI=1S/C18H22N2O6S/c1-12-8-16(13(2)20(12)9-15-4-3-6-25-15)18(22)26-10-17(21)19-14-5-7-27(23,24)11-14/h3-4,6,8,14H,5,7,9-11H2,1-2H3,(H,19,21)/t14-/m1/s1. The van der Waals surface area contributed by atoms with E-state index in [4.69, 9.17) is 9.15 Å². The van der Waals surface area contributed by atoms with Gasteiger partial charge in [0.25, 0.3) is 5.91 Å². The zero-order chi connectivity index (χ0) is 19.6. The lowest BCUT2D eigenvalue weighted by atomic mass is 10.2. The summed E-state index contributed by atoms with van der Waals surface area (Å²) in [5.41, 5.74) is 1.97. The number of aryl methyl sites for hydroxylation is 1. The van der Waals surface area contributed by atoms with E-state index in [-0.39, 0.29) is 11.5 Å². The number of nitrogens with one attached hydrogen (secondary N) is 1. The number of hydrogen-bond donors (Lipinski definition) is 1. The number of carbonyl (C=O) groups is 2. The topological polar surface area (TPSA) is 108 Å². The van der Waals surface area contributed by atoms with Crippen LogP contribution in [-0.4, -0.2) is 49.0 Å². The van der Waals surface area contributed by atoms with Crippen LogP contribution >= 0.6 is 0 Å². The molecule has 9 heteroatoms. The molecule has 0 aromatic carbocycles. The number of hydrogen-bond acceptors (Lipinski definition) is 6. The maximum atomic E-state index is 12.3. The van der Waals surface area contributed by atoms with Crippen molar-refractivity contribution in [3.05, 3.63) is 47.2 Å². The van der Waals surface area contributed by atoms with Crippen molar-refractivity contribution in [2.45, 2.75) is 32.9 Å². The van der Waals surface area contributed by atoms with E-state index in [1.807, 2.05) is 17.6 Å². The Bertz CT molecular complexity index is 943. The highest BCUT2D eigenvalue weighted by Gasteiger charge is 2.29. The molecule has 2 aromatic heterocycles. The molecule has 1 N–H and O–H groups in total. The maximum Gasteiger partial charge on any atom is 0.340 e. The first-order valence-electron chi connectivity index (χ1n) is 8.61. The Labute approximate surface area is 157 Å². The molecule has 0 bridgehead atoms. The molecule has 0 spiro atoms. The average molecular weight is 394 g/mol. The van der Waals surface area contributed by atoms with Crippen molar-refractivity contribution in [1.82, 2.24) is 9.88 Å². The summed E-state index contributed by atoms with van der Waals surface area (Å²) in [6, 6.07) is 4.94. The van der Waals surface area contributed by atoms with Crippen LogP contribution < -0.4 is 5.32 Å². The Morgan fingerprint density at radius 3 is 2.78 bits per heavy atom. The fraction of sp³-hybridized carbons (Fsp3) is 0.444. The lowest BCUT2D eigenvalue weighted by Crippen LogP contribution is -2.38. The molecule has 1 aliphatic heterocycles. The van der Waals surface area contributed by atoms with Crippen LogP contribution in [0.5, 0.6) is 0 Å². The first-order valence-corrected chi connectivity index (χ1v) is 10.4. The second kappa shape index (κ2) is 7.59. The van der Waals surface area contributed by atoms with Crippen LogP contribution in [0.1, 0.15) is 33.9 Å². The van der Waals surface area contributed by atoms with Crippen LogP contribution in [-0.2, 0) is 25.9 Å². The van der Waals surface area contributed by atoms with Crippen LogP contribution in [0.15, 0.2) is 28.9 Å². The van der Waals surface area contributed by atoms with E-state index in [2.05, 4.69) is 5.32 Å². The normalized spacial score (nSPS) is 18.4. The summed E-state index contributed by atoms with van der Waals surface area (Å²) in [5, 5.41) is 2.59. The van der Waals surface area contributed by atoms with E-state index in [1.54, 1.807) is 25.3 Å². The van der Waals surface area contributed by atoms with Gasteiger partial charge in [0.15, 0.2) is 16.4 Å². The summed E-state index contributed by atoms with van der Waals surface area (Å²) in [6.45, 7) is 3.72. The molecule has 1 fully saturated rings. The van der Waals surface area contributed by atoms with E-state index < -0.39 is 34.4 Å². The molecule has 3 rings (SSSR count). The quantitative estimate of drug-likeness (QED) is 0.738. The lowest BCUT2D eigenvalue weighted by Gasteiger charge is -2.11. The molecule has 0 aliphatic carbocycles. The number of aromatic nitrogens is 1. The minimum absolute atomic E-state index is 0.0688. The first-order chi connectivity index (χ1) is 12.7. The van der Waals surface area contributed by atoms with Gasteiger partial charge in [-0.15, -0.1) is 0 Å². The zero-order valence-electron chi connectivity index (χ0n) is 15.2.